The van der Waals surface area contributed by atoms with Crippen LogP contribution in [0.25, 0.3) is 0 Å². The summed E-state index contributed by atoms with van der Waals surface area (Å²) >= 11 is 0. The Labute approximate surface area is 129 Å². The largest absolute Gasteiger partial charge is 0.362 e. The van der Waals surface area contributed by atoms with Crippen LogP contribution in [-0.2, 0) is 20.9 Å². The molecule has 22 heavy (non-hydrogen) atoms. The van der Waals surface area contributed by atoms with E-state index in [-0.39, 0.29) is 18.4 Å². The fraction of sp³-hybridized carbons (Fsp3) is 0.714. The second-order valence-electron chi connectivity index (χ2n) is 5.71. The van der Waals surface area contributed by atoms with Gasteiger partial charge in [0, 0.05) is 20.0 Å². The van der Waals surface area contributed by atoms with Gasteiger partial charge in [0.05, 0.1) is 19.7 Å². The number of rotatable bonds is 4. The van der Waals surface area contributed by atoms with Crippen molar-refractivity contribution in [3.63, 3.8) is 0 Å². The lowest BCUT2D eigenvalue weighted by Crippen LogP contribution is -2.59. The van der Waals surface area contributed by atoms with Crippen molar-refractivity contribution in [2.24, 2.45) is 0 Å². The van der Waals surface area contributed by atoms with E-state index in [1.807, 2.05) is 13.8 Å². The molecule has 0 saturated carbocycles. The van der Waals surface area contributed by atoms with Gasteiger partial charge < -0.3 is 15.0 Å². The van der Waals surface area contributed by atoms with Gasteiger partial charge in [-0.25, -0.2) is 9.67 Å². The van der Waals surface area contributed by atoms with Gasteiger partial charge in [0.25, 0.3) is 5.91 Å². The van der Waals surface area contributed by atoms with Gasteiger partial charge in [-0.2, -0.15) is 5.10 Å². The topological polar surface area (TPSA) is 89.4 Å². The lowest BCUT2D eigenvalue weighted by molar-refractivity contribution is -0.162. The molecule has 2 heterocycles. The van der Waals surface area contributed by atoms with E-state index in [4.69, 9.17) is 4.74 Å². The highest BCUT2D eigenvalue weighted by Gasteiger charge is 2.39. The SMILES string of the molecule is CC(=O)N1CCO[C@@](C)(C(=O)NCCn2nc(C)nc2C)C1. The third-order valence-electron chi connectivity index (χ3n) is 3.77. The molecule has 8 nitrogen and oxygen atoms in total. The lowest BCUT2D eigenvalue weighted by atomic mass is 10.0. The predicted molar refractivity (Wildman–Crippen MR) is 79.1 cm³/mol. The molecule has 1 atom stereocenters. The highest BCUT2D eigenvalue weighted by molar-refractivity contribution is 5.86. The Kier molecular flexibility index (Phi) is 4.80. The molecule has 1 aromatic rings. The minimum absolute atomic E-state index is 0.0453. The first-order chi connectivity index (χ1) is 10.3. The molecule has 122 valence electrons. The molecule has 8 heteroatoms. The Morgan fingerprint density at radius 1 is 1.41 bits per heavy atom. The average molecular weight is 309 g/mol. The Balaban J connectivity index is 1.88. The molecule has 2 amide bonds. The van der Waals surface area contributed by atoms with Crippen molar-refractivity contribution in [2.75, 3.05) is 26.2 Å². The normalized spacial score (nSPS) is 21.7. The Morgan fingerprint density at radius 3 is 2.73 bits per heavy atom. The van der Waals surface area contributed by atoms with E-state index in [2.05, 4.69) is 15.4 Å². The van der Waals surface area contributed by atoms with Crippen molar-refractivity contribution in [2.45, 2.75) is 39.8 Å². The Morgan fingerprint density at radius 2 is 2.14 bits per heavy atom. The number of carbonyl (C=O) groups excluding carboxylic acids is 2. The average Bonchev–Trinajstić information content (AvgIpc) is 2.77. The zero-order valence-corrected chi connectivity index (χ0v) is 13.5. The summed E-state index contributed by atoms with van der Waals surface area (Å²) in [7, 11) is 0. The van der Waals surface area contributed by atoms with E-state index < -0.39 is 5.60 Å². The monoisotopic (exact) mass is 309 g/mol. The van der Waals surface area contributed by atoms with Gasteiger partial charge in [-0.3, -0.25) is 9.59 Å². The predicted octanol–water partition coefficient (Wildman–Crippen LogP) is -0.351. The zero-order valence-electron chi connectivity index (χ0n) is 13.5. The molecule has 0 aliphatic carbocycles. The van der Waals surface area contributed by atoms with Gasteiger partial charge in [-0.15, -0.1) is 0 Å². The number of carbonyl (C=O) groups is 2. The summed E-state index contributed by atoms with van der Waals surface area (Å²) in [6, 6.07) is 0. The van der Waals surface area contributed by atoms with Crippen LogP contribution in [-0.4, -0.2) is 63.3 Å². The molecule has 1 saturated heterocycles. The third-order valence-corrected chi connectivity index (χ3v) is 3.77. The van der Waals surface area contributed by atoms with Gasteiger partial charge in [0.1, 0.15) is 11.6 Å². The number of ether oxygens (including phenoxy) is 1. The minimum atomic E-state index is -1.00. The van der Waals surface area contributed by atoms with Gasteiger partial charge in [0.2, 0.25) is 5.91 Å². The molecule has 1 aromatic heterocycles. The molecule has 2 rings (SSSR count). The summed E-state index contributed by atoms with van der Waals surface area (Å²) in [6.45, 7) is 9.05. The van der Waals surface area contributed by atoms with Crippen molar-refractivity contribution in [1.82, 2.24) is 25.0 Å². The van der Waals surface area contributed by atoms with E-state index in [1.165, 1.54) is 6.92 Å². The van der Waals surface area contributed by atoms with Crippen molar-refractivity contribution in [3.05, 3.63) is 11.6 Å². The van der Waals surface area contributed by atoms with Crippen LogP contribution in [0.3, 0.4) is 0 Å². The van der Waals surface area contributed by atoms with Gasteiger partial charge in [-0.05, 0) is 20.8 Å². The molecule has 0 aromatic carbocycles. The molecule has 0 spiro atoms. The smallest absolute Gasteiger partial charge is 0.253 e. The molecular weight excluding hydrogens is 286 g/mol. The van der Waals surface area contributed by atoms with Crippen LogP contribution in [0, 0.1) is 13.8 Å². The van der Waals surface area contributed by atoms with Crippen LogP contribution in [0.4, 0.5) is 0 Å². The van der Waals surface area contributed by atoms with E-state index in [0.29, 0.717) is 32.1 Å². The number of morpholine rings is 1. The lowest BCUT2D eigenvalue weighted by Gasteiger charge is -2.38. The molecule has 0 radical (unpaired) electrons. The standard InChI is InChI=1S/C14H23N5O3/c1-10-16-11(2)19(17-10)6-5-15-13(21)14(4)9-18(12(3)20)7-8-22-14/h5-9H2,1-4H3,(H,15,21)/t14-/m1/s1. The highest BCUT2D eigenvalue weighted by Crippen LogP contribution is 2.18. The summed E-state index contributed by atoms with van der Waals surface area (Å²) in [4.78, 5) is 29.7. The van der Waals surface area contributed by atoms with Gasteiger partial charge in [0.15, 0.2) is 5.60 Å². The van der Waals surface area contributed by atoms with Crippen LogP contribution in [0.5, 0.6) is 0 Å². The first-order valence-electron chi connectivity index (χ1n) is 7.37. The minimum Gasteiger partial charge on any atom is -0.362 e. The summed E-state index contributed by atoms with van der Waals surface area (Å²) in [5.74, 6) is 1.27. The highest BCUT2D eigenvalue weighted by atomic mass is 16.5. The van der Waals surface area contributed by atoms with Gasteiger partial charge in [-0.1, -0.05) is 0 Å². The third kappa shape index (κ3) is 3.62. The van der Waals surface area contributed by atoms with E-state index >= 15 is 0 Å². The van der Waals surface area contributed by atoms with E-state index in [0.717, 1.165) is 5.82 Å². The molecule has 0 bridgehead atoms. The van der Waals surface area contributed by atoms with Crippen molar-refractivity contribution in [3.8, 4) is 0 Å². The maximum atomic E-state index is 12.3. The molecule has 0 unspecified atom stereocenters. The molecule has 1 N–H and O–H groups in total. The summed E-state index contributed by atoms with van der Waals surface area (Å²) in [6.07, 6.45) is 0. The maximum absolute atomic E-state index is 12.3. The second kappa shape index (κ2) is 6.43. The van der Waals surface area contributed by atoms with Crippen LogP contribution in [0.1, 0.15) is 25.5 Å². The molecule has 1 aliphatic heterocycles. The van der Waals surface area contributed by atoms with Crippen molar-refractivity contribution < 1.29 is 14.3 Å². The number of nitrogens with one attached hydrogen (secondary N) is 1. The number of hydrogen-bond donors (Lipinski definition) is 1. The molecular formula is C14H23N5O3. The van der Waals surface area contributed by atoms with Crippen LogP contribution >= 0.6 is 0 Å². The zero-order chi connectivity index (χ0) is 16.3. The van der Waals surface area contributed by atoms with E-state index in [1.54, 1.807) is 16.5 Å². The fourth-order valence-corrected chi connectivity index (χ4v) is 2.51. The number of nitrogens with zero attached hydrogens (tertiary/aromatic N) is 4. The summed E-state index contributed by atoms with van der Waals surface area (Å²) in [5.41, 5.74) is -1.00. The quantitative estimate of drug-likeness (QED) is 0.821. The first-order valence-corrected chi connectivity index (χ1v) is 7.37. The molecule has 1 aliphatic rings. The summed E-state index contributed by atoms with van der Waals surface area (Å²) in [5, 5.41) is 7.09. The van der Waals surface area contributed by atoms with Crippen molar-refractivity contribution in [1.29, 1.82) is 0 Å². The van der Waals surface area contributed by atoms with Crippen LogP contribution in [0.2, 0.25) is 0 Å². The number of aromatic nitrogens is 3. The van der Waals surface area contributed by atoms with E-state index in [9.17, 15) is 9.59 Å². The van der Waals surface area contributed by atoms with Crippen LogP contribution in [0.15, 0.2) is 0 Å². The number of hydrogen-bond acceptors (Lipinski definition) is 5. The number of amides is 2. The Hall–Kier alpha value is -1.96. The summed E-state index contributed by atoms with van der Waals surface area (Å²) < 4.78 is 7.35. The van der Waals surface area contributed by atoms with Crippen LogP contribution < -0.4 is 5.32 Å². The van der Waals surface area contributed by atoms with Gasteiger partial charge >= 0.3 is 0 Å². The fourth-order valence-electron chi connectivity index (χ4n) is 2.51. The maximum Gasteiger partial charge on any atom is 0.253 e. The first kappa shape index (κ1) is 16.4. The van der Waals surface area contributed by atoms with Crippen molar-refractivity contribution >= 4 is 11.8 Å². The second-order valence-corrected chi connectivity index (χ2v) is 5.71. The molecule has 1 fully saturated rings. The Bertz CT molecular complexity index is 571. The number of aryl methyl sites for hydroxylation is 2.